The number of furan rings is 1. The molecule has 0 unspecified atom stereocenters. The number of carbonyl (C=O) groups excluding carboxylic acids is 1. The quantitative estimate of drug-likeness (QED) is 0.509. The summed E-state index contributed by atoms with van der Waals surface area (Å²) in [6.07, 6.45) is 6.13. The minimum absolute atomic E-state index is 0.119. The first-order chi connectivity index (χ1) is 15.2. The van der Waals surface area contributed by atoms with E-state index in [1.54, 1.807) is 31.6 Å². The third-order valence-electron chi connectivity index (χ3n) is 5.59. The highest BCUT2D eigenvalue weighted by Crippen LogP contribution is 2.31. The van der Waals surface area contributed by atoms with Crippen LogP contribution in [0.3, 0.4) is 0 Å². The van der Waals surface area contributed by atoms with Gasteiger partial charge in [0.2, 0.25) is 5.76 Å². The van der Waals surface area contributed by atoms with Crippen LogP contribution in [0, 0.1) is 0 Å². The molecule has 8 heteroatoms. The summed E-state index contributed by atoms with van der Waals surface area (Å²) in [6.45, 7) is 0.621. The molecule has 158 valence electrons. The van der Waals surface area contributed by atoms with Gasteiger partial charge in [0.15, 0.2) is 11.5 Å². The number of para-hydroxylation sites is 1. The van der Waals surface area contributed by atoms with Crippen molar-refractivity contribution in [3.63, 3.8) is 0 Å². The number of nitrogens with zero attached hydrogens (tertiary/aromatic N) is 3. The Bertz CT molecular complexity index is 1190. The molecule has 1 aromatic carbocycles. The van der Waals surface area contributed by atoms with Crippen molar-refractivity contribution in [2.75, 3.05) is 7.11 Å². The molecule has 1 amide bonds. The molecule has 3 heterocycles. The lowest BCUT2D eigenvalue weighted by atomic mass is 9.92. The molecule has 1 N–H and O–H groups in total. The van der Waals surface area contributed by atoms with Crippen LogP contribution in [0.5, 0.6) is 5.75 Å². The van der Waals surface area contributed by atoms with Gasteiger partial charge in [0.25, 0.3) is 5.91 Å². The summed E-state index contributed by atoms with van der Waals surface area (Å²) in [5.74, 6) is 1.51. The van der Waals surface area contributed by atoms with Gasteiger partial charge in [-0.3, -0.25) is 9.48 Å². The smallest absolute Gasteiger partial charge is 0.273 e. The number of hydrogen-bond acceptors (Lipinski definition) is 6. The van der Waals surface area contributed by atoms with Gasteiger partial charge >= 0.3 is 0 Å². The number of rotatable bonds is 6. The van der Waals surface area contributed by atoms with Gasteiger partial charge in [0.05, 0.1) is 32.2 Å². The highest BCUT2D eigenvalue weighted by molar-refractivity contribution is 5.93. The second kappa shape index (κ2) is 8.14. The fraction of sp³-hybridized carbons (Fsp3) is 0.261. The zero-order valence-corrected chi connectivity index (χ0v) is 17.1. The molecule has 1 aliphatic carbocycles. The molecule has 8 nitrogen and oxygen atoms in total. The SMILES string of the molecule is COc1ccccc1Cn1ncc2c1CCC[C@H]2NC(=O)c1cc(-c2ccco2)on1. The van der Waals surface area contributed by atoms with Crippen LogP contribution in [0.1, 0.15) is 46.2 Å². The number of aromatic nitrogens is 3. The van der Waals surface area contributed by atoms with E-state index in [9.17, 15) is 4.79 Å². The van der Waals surface area contributed by atoms with Gasteiger partial charge in [-0.25, -0.2) is 0 Å². The number of fused-ring (bicyclic) bond motifs is 1. The number of ether oxygens (including phenoxy) is 1. The van der Waals surface area contributed by atoms with Crippen molar-refractivity contribution in [1.29, 1.82) is 0 Å². The lowest BCUT2D eigenvalue weighted by Gasteiger charge is -2.24. The number of hydrogen-bond donors (Lipinski definition) is 1. The molecule has 1 atom stereocenters. The zero-order chi connectivity index (χ0) is 21.2. The van der Waals surface area contributed by atoms with Crippen LogP contribution < -0.4 is 10.1 Å². The summed E-state index contributed by atoms with van der Waals surface area (Å²) in [5.41, 5.74) is 3.47. The number of nitrogens with one attached hydrogen (secondary N) is 1. The van der Waals surface area contributed by atoms with Gasteiger partial charge in [-0.2, -0.15) is 5.10 Å². The molecule has 0 bridgehead atoms. The van der Waals surface area contributed by atoms with E-state index >= 15 is 0 Å². The molecule has 0 radical (unpaired) electrons. The fourth-order valence-electron chi connectivity index (χ4n) is 4.05. The average molecular weight is 418 g/mol. The Morgan fingerprint density at radius 3 is 3.00 bits per heavy atom. The van der Waals surface area contributed by atoms with Gasteiger partial charge in [0.1, 0.15) is 5.75 Å². The van der Waals surface area contributed by atoms with Gasteiger partial charge < -0.3 is 19.0 Å². The molecule has 0 saturated heterocycles. The Labute approximate surface area is 178 Å². The molecule has 0 aliphatic heterocycles. The van der Waals surface area contributed by atoms with Gasteiger partial charge in [-0.05, 0) is 37.5 Å². The van der Waals surface area contributed by atoms with Crippen LogP contribution in [0.4, 0.5) is 0 Å². The van der Waals surface area contributed by atoms with Crippen molar-refractivity contribution in [1.82, 2.24) is 20.3 Å². The summed E-state index contributed by atoms with van der Waals surface area (Å²) in [6, 6.07) is 12.9. The molecule has 0 saturated carbocycles. The Kier molecular flexibility index (Phi) is 5.03. The first-order valence-electron chi connectivity index (χ1n) is 10.2. The van der Waals surface area contributed by atoms with E-state index in [4.69, 9.17) is 13.7 Å². The second-order valence-corrected chi connectivity index (χ2v) is 7.49. The lowest BCUT2D eigenvalue weighted by Crippen LogP contribution is -2.31. The Morgan fingerprint density at radius 2 is 2.16 bits per heavy atom. The maximum Gasteiger partial charge on any atom is 0.273 e. The number of carbonyl (C=O) groups is 1. The first-order valence-corrected chi connectivity index (χ1v) is 10.2. The molecule has 3 aromatic heterocycles. The largest absolute Gasteiger partial charge is 0.496 e. The first kappa shape index (κ1) is 19.2. The normalized spacial score (nSPS) is 15.5. The van der Waals surface area contributed by atoms with Gasteiger partial charge in [-0.15, -0.1) is 0 Å². The topological polar surface area (TPSA) is 95.3 Å². The number of methoxy groups -OCH3 is 1. The zero-order valence-electron chi connectivity index (χ0n) is 17.1. The second-order valence-electron chi connectivity index (χ2n) is 7.49. The summed E-state index contributed by atoms with van der Waals surface area (Å²) in [7, 11) is 1.67. The molecule has 1 aliphatic rings. The van der Waals surface area contributed by atoms with Gasteiger partial charge in [0, 0.05) is 22.9 Å². The van der Waals surface area contributed by atoms with E-state index in [-0.39, 0.29) is 17.6 Å². The Morgan fingerprint density at radius 1 is 1.26 bits per heavy atom. The average Bonchev–Trinajstić information content (AvgIpc) is 3.55. The lowest BCUT2D eigenvalue weighted by molar-refractivity contribution is 0.0923. The van der Waals surface area contributed by atoms with Crippen molar-refractivity contribution >= 4 is 5.91 Å². The molecule has 0 fully saturated rings. The van der Waals surface area contributed by atoms with Gasteiger partial charge in [-0.1, -0.05) is 23.4 Å². The van der Waals surface area contributed by atoms with Crippen LogP contribution in [0.25, 0.3) is 11.5 Å². The third-order valence-corrected chi connectivity index (χ3v) is 5.59. The monoisotopic (exact) mass is 418 g/mol. The Hall–Kier alpha value is -3.81. The summed E-state index contributed by atoms with van der Waals surface area (Å²) in [5, 5.41) is 11.6. The minimum atomic E-state index is -0.281. The third kappa shape index (κ3) is 3.72. The summed E-state index contributed by atoms with van der Waals surface area (Å²) >= 11 is 0. The van der Waals surface area contributed by atoms with Crippen molar-refractivity contribution in [3.8, 4) is 17.3 Å². The maximum absolute atomic E-state index is 12.8. The summed E-state index contributed by atoms with van der Waals surface area (Å²) in [4.78, 5) is 12.8. The van der Waals surface area contributed by atoms with Crippen LogP contribution in [0.15, 0.2) is 63.9 Å². The van der Waals surface area contributed by atoms with Crippen LogP contribution in [0.2, 0.25) is 0 Å². The molecule has 4 aromatic rings. The van der Waals surface area contributed by atoms with Crippen molar-refractivity contribution in [2.24, 2.45) is 0 Å². The molecule has 31 heavy (non-hydrogen) atoms. The van der Waals surface area contributed by atoms with Crippen LogP contribution in [-0.4, -0.2) is 28.0 Å². The number of benzene rings is 1. The van der Waals surface area contributed by atoms with E-state index in [0.29, 0.717) is 18.1 Å². The van der Waals surface area contributed by atoms with Crippen molar-refractivity contribution in [2.45, 2.75) is 31.8 Å². The maximum atomic E-state index is 12.8. The fourth-order valence-corrected chi connectivity index (χ4v) is 4.05. The predicted octanol–water partition coefficient (Wildman–Crippen LogP) is 4.00. The van der Waals surface area contributed by atoms with E-state index in [2.05, 4.69) is 15.6 Å². The van der Waals surface area contributed by atoms with E-state index in [0.717, 1.165) is 41.8 Å². The van der Waals surface area contributed by atoms with E-state index < -0.39 is 0 Å². The van der Waals surface area contributed by atoms with E-state index in [1.165, 1.54) is 0 Å². The van der Waals surface area contributed by atoms with Crippen LogP contribution in [-0.2, 0) is 13.0 Å². The minimum Gasteiger partial charge on any atom is -0.496 e. The summed E-state index contributed by atoms with van der Waals surface area (Å²) < 4.78 is 18.0. The Balaban J connectivity index is 1.33. The standard InChI is InChI=1S/C23H22N4O4/c1-29-20-9-3-2-6-15(20)14-27-19-8-4-7-17(16(19)13-24-27)25-23(28)18-12-22(31-26-18)21-10-5-11-30-21/h2-3,5-6,9-13,17H,4,7-8,14H2,1H3,(H,25,28)/t17-/m1/s1. The highest BCUT2D eigenvalue weighted by atomic mass is 16.5. The van der Waals surface area contributed by atoms with Crippen molar-refractivity contribution in [3.05, 3.63) is 77.4 Å². The molecular weight excluding hydrogens is 396 g/mol. The number of amides is 1. The van der Waals surface area contributed by atoms with Crippen molar-refractivity contribution < 1.29 is 18.5 Å². The molecule has 0 spiro atoms. The van der Waals surface area contributed by atoms with E-state index in [1.807, 2.05) is 35.1 Å². The molecular formula is C23H22N4O4. The molecule has 5 rings (SSSR count). The predicted molar refractivity (Wildman–Crippen MR) is 112 cm³/mol. The highest BCUT2D eigenvalue weighted by Gasteiger charge is 2.27. The van der Waals surface area contributed by atoms with Crippen LogP contribution >= 0.6 is 0 Å².